The molecule has 3 N–H and O–H groups in total. The van der Waals surface area contributed by atoms with Crippen molar-refractivity contribution in [2.75, 3.05) is 6.54 Å². The number of H-pyrrole nitrogens is 2. The summed E-state index contributed by atoms with van der Waals surface area (Å²) in [5, 5.41) is 9.44. The highest BCUT2D eigenvalue weighted by molar-refractivity contribution is 5.75. The predicted molar refractivity (Wildman–Crippen MR) is 84.6 cm³/mol. The third kappa shape index (κ3) is 4.35. The van der Waals surface area contributed by atoms with Crippen LogP contribution in [-0.4, -0.2) is 38.7 Å². The number of aromatic nitrogens is 3. The van der Waals surface area contributed by atoms with Gasteiger partial charge in [0.15, 0.2) is 5.82 Å². The number of nitrogens with zero attached hydrogens (tertiary/aromatic N) is 2. The maximum Gasteiger partial charge on any atom is 0.340 e. The van der Waals surface area contributed by atoms with Crippen LogP contribution in [0, 0.1) is 5.92 Å². The molecule has 2 amide bonds. The van der Waals surface area contributed by atoms with Crippen molar-refractivity contribution in [3.63, 3.8) is 0 Å². The molecule has 2 atom stereocenters. The Labute approximate surface area is 130 Å². The minimum absolute atomic E-state index is 0.0650. The number of carbonyl (C=O) groups excluding carboxylic acids is 1. The Kier molecular flexibility index (Phi) is 5.63. The van der Waals surface area contributed by atoms with Crippen LogP contribution in [-0.2, 0) is 0 Å². The molecule has 1 aromatic heterocycles. The van der Waals surface area contributed by atoms with Crippen LogP contribution in [0.2, 0.25) is 0 Å². The topological polar surface area (TPSA) is 93.9 Å². The monoisotopic (exact) mass is 309 g/mol. The van der Waals surface area contributed by atoms with Crippen molar-refractivity contribution >= 4 is 6.03 Å². The molecule has 0 spiro atoms. The first kappa shape index (κ1) is 16.6. The summed E-state index contributed by atoms with van der Waals surface area (Å²) >= 11 is 0. The van der Waals surface area contributed by atoms with E-state index in [2.05, 4.69) is 34.3 Å². The number of likely N-dealkylation sites (tertiary alicyclic amines) is 1. The smallest absolute Gasteiger partial charge is 0.336 e. The Morgan fingerprint density at radius 1 is 1.36 bits per heavy atom. The summed E-state index contributed by atoms with van der Waals surface area (Å²) < 4.78 is 0. The lowest BCUT2D eigenvalue weighted by molar-refractivity contribution is 0.144. The van der Waals surface area contributed by atoms with E-state index in [-0.39, 0.29) is 23.8 Å². The fourth-order valence-corrected chi connectivity index (χ4v) is 2.85. The molecular weight excluding hydrogens is 282 g/mol. The lowest BCUT2D eigenvalue weighted by atomic mass is 10.0. The maximum absolute atomic E-state index is 12.5. The molecule has 124 valence electrons. The zero-order valence-corrected chi connectivity index (χ0v) is 13.7. The Morgan fingerprint density at radius 2 is 2.14 bits per heavy atom. The van der Waals surface area contributed by atoms with Crippen molar-refractivity contribution in [3.8, 4) is 0 Å². The molecule has 1 aromatic rings. The molecule has 7 nitrogen and oxygen atoms in total. The lowest BCUT2D eigenvalue weighted by Gasteiger charge is -2.35. The zero-order valence-electron chi connectivity index (χ0n) is 13.7. The number of urea groups is 1. The number of hydrogen-bond donors (Lipinski definition) is 3. The zero-order chi connectivity index (χ0) is 16.1. The number of amides is 2. The van der Waals surface area contributed by atoms with Gasteiger partial charge >= 0.3 is 11.7 Å². The summed E-state index contributed by atoms with van der Waals surface area (Å²) in [5.41, 5.74) is -0.328. The van der Waals surface area contributed by atoms with E-state index in [0.29, 0.717) is 18.3 Å². The van der Waals surface area contributed by atoms with E-state index in [1.807, 2.05) is 6.92 Å². The van der Waals surface area contributed by atoms with E-state index in [0.717, 1.165) is 32.1 Å². The Hall–Kier alpha value is -1.79. The first-order chi connectivity index (χ1) is 10.5. The van der Waals surface area contributed by atoms with Gasteiger partial charge in [-0.05, 0) is 44.9 Å². The van der Waals surface area contributed by atoms with Crippen molar-refractivity contribution < 1.29 is 4.79 Å². The molecule has 2 heterocycles. The van der Waals surface area contributed by atoms with E-state index in [1.165, 1.54) is 0 Å². The summed E-state index contributed by atoms with van der Waals surface area (Å²) in [4.78, 5) is 28.2. The number of aromatic amines is 2. The minimum Gasteiger partial charge on any atom is -0.336 e. The first-order valence-electron chi connectivity index (χ1n) is 8.19. The SMILES string of the molecule is CC(C)CC[C@H](C)NC(=O)N1CCCC[C@H]1c1n[nH]c(=O)[nH]1. The van der Waals surface area contributed by atoms with Crippen LogP contribution in [0.5, 0.6) is 0 Å². The van der Waals surface area contributed by atoms with Gasteiger partial charge in [-0.1, -0.05) is 13.8 Å². The average Bonchev–Trinajstić information content (AvgIpc) is 2.91. The fraction of sp³-hybridized carbons (Fsp3) is 0.800. The molecule has 2 rings (SSSR count). The number of nitrogens with one attached hydrogen (secondary N) is 3. The summed E-state index contributed by atoms with van der Waals surface area (Å²) in [6.45, 7) is 7.10. The molecule has 0 unspecified atom stereocenters. The molecule has 1 saturated heterocycles. The second kappa shape index (κ2) is 7.47. The molecule has 0 radical (unpaired) electrons. The van der Waals surface area contributed by atoms with Gasteiger partial charge in [-0.15, -0.1) is 0 Å². The molecule has 0 aromatic carbocycles. The van der Waals surface area contributed by atoms with E-state index in [9.17, 15) is 9.59 Å². The average molecular weight is 309 g/mol. The van der Waals surface area contributed by atoms with E-state index >= 15 is 0 Å². The van der Waals surface area contributed by atoms with Gasteiger partial charge < -0.3 is 10.2 Å². The van der Waals surface area contributed by atoms with Crippen molar-refractivity contribution in [1.29, 1.82) is 0 Å². The van der Waals surface area contributed by atoms with Crippen molar-refractivity contribution in [3.05, 3.63) is 16.3 Å². The fourth-order valence-electron chi connectivity index (χ4n) is 2.85. The van der Waals surface area contributed by atoms with Gasteiger partial charge in [0.05, 0.1) is 6.04 Å². The predicted octanol–water partition coefficient (Wildman–Crippen LogP) is 2.16. The van der Waals surface area contributed by atoms with Crippen LogP contribution in [0.15, 0.2) is 4.79 Å². The molecule has 7 heteroatoms. The summed E-state index contributed by atoms with van der Waals surface area (Å²) in [6, 6.07) is -0.0643. The van der Waals surface area contributed by atoms with Gasteiger partial charge in [-0.2, -0.15) is 5.10 Å². The highest BCUT2D eigenvalue weighted by Crippen LogP contribution is 2.28. The van der Waals surface area contributed by atoms with Gasteiger partial charge in [-0.3, -0.25) is 4.98 Å². The van der Waals surface area contributed by atoms with Crippen LogP contribution in [0.3, 0.4) is 0 Å². The molecule has 1 aliphatic rings. The molecule has 0 bridgehead atoms. The Balaban J connectivity index is 1.98. The van der Waals surface area contributed by atoms with Gasteiger partial charge in [0, 0.05) is 12.6 Å². The lowest BCUT2D eigenvalue weighted by Crippen LogP contribution is -2.47. The molecular formula is C15H27N5O2. The molecule has 1 fully saturated rings. The van der Waals surface area contributed by atoms with Gasteiger partial charge in [0.1, 0.15) is 0 Å². The standard InChI is InChI=1S/C15H27N5O2/c1-10(2)7-8-11(3)16-15(22)20-9-5-4-6-12(20)13-17-14(21)19-18-13/h10-12H,4-9H2,1-3H3,(H,16,22)(H2,17,18,19,21)/t11-,12-/m0/s1. The molecule has 0 saturated carbocycles. The number of hydrogen-bond acceptors (Lipinski definition) is 3. The Morgan fingerprint density at radius 3 is 2.77 bits per heavy atom. The van der Waals surface area contributed by atoms with Crippen LogP contribution in [0.25, 0.3) is 0 Å². The maximum atomic E-state index is 12.5. The number of carbonyl (C=O) groups is 1. The van der Waals surface area contributed by atoms with Gasteiger partial charge in [-0.25, -0.2) is 14.7 Å². The van der Waals surface area contributed by atoms with E-state index in [1.54, 1.807) is 4.90 Å². The van der Waals surface area contributed by atoms with Crippen molar-refractivity contribution in [1.82, 2.24) is 25.4 Å². The van der Waals surface area contributed by atoms with E-state index < -0.39 is 0 Å². The third-order valence-corrected chi connectivity index (χ3v) is 4.15. The van der Waals surface area contributed by atoms with Crippen LogP contribution in [0.1, 0.15) is 64.7 Å². The highest BCUT2D eigenvalue weighted by Gasteiger charge is 2.30. The molecule has 0 aliphatic carbocycles. The quantitative estimate of drug-likeness (QED) is 0.778. The Bertz CT molecular complexity index is 536. The summed E-state index contributed by atoms with van der Waals surface area (Å²) in [5.74, 6) is 1.19. The largest absolute Gasteiger partial charge is 0.340 e. The third-order valence-electron chi connectivity index (χ3n) is 4.15. The second-order valence-corrected chi connectivity index (χ2v) is 6.59. The summed E-state index contributed by atoms with van der Waals surface area (Å²) in [7, 11) is 0. The normalized spacial score (nSPS) is 20.2. The second-order valence-electron chi connectivity index (χ2n) is 6.59. The van der Waals surface area contributed by atoms with Crippen LogP contribution >= 0.6 is 0 Å². The number of rotatable bonds is 5. The van der Waals surface area contributed by atoms with Crippen LogP contribution < -0.4 is 11.0 Å². The minimum atomic E-state index is -0.328. The van der Waals surface area contributed by atoms with Crippen LogP contribution in [0.4, 0.5) is 4.79 Å². The molecule has 1 aliphatic heterocycles. The number of piperidine rings is 1. The van der Waals surface area contributed by atoms with Gasteiger partial charge in [0.25, 0.3) is 0 Å². The highest BCUT2D eigenvalue weighted by atomic mass is 16.2. The van der Waals surface area contributed by atoms with Crippen molar-refractivity contribution in [2.45, 2.75) is 65.0 Å². The first-order valence-corrected chi connectivity index (χ1v) is 8.19. The molecule has 22 heavy (non-hydrogen) atoms. The van der Waals surface area contributed by atoms with Crippen molar-refractivity contribution in [2.24, 2.45) is 5.92 Å². The summed E-state index contributed by atoms with van der Waals surface area (Å²) in [6.07, 6.45) is 4.92. The van der Waals surface area contributed by atoms with Gasteiger partial charge in [0.2, 0.25) is 0 Å². The van der Waals surface area contributed by atoms with E-state index in [4.69, 9.17) is 0 Å².